The van der Waals surface area contributed by atoms with E-state index in [9.17, 15) is 24.3 Å². The number of carbonyl (C=O) groups excluding carboxylic acids is 3. The van der Waals surface area contributed by atoms with Crippen molar-refractivity contribution in [1.82, 2.24) is 40.4 Å². The second-order valence-corrected chi connectivity index (χ2v) is 17.0. The number of nitrogens with zero attached hydrogens (tertiary/aromatic N) is 4. The quantitative estimate of drug-likeness (QED) is 0.117. The molecule has 0 bridgehead atoms. The molecule has 2 aromatic heterocycles. The normalized spacial score (nSPS) is 20.7. The van der Waals surface area contributed by atoms with E-state index in [4.69, 9.17) is 28.9 Å². The fourth-order valence-electron chi connectivity index (χ4n) is 9.66. The summed E-state index contributed by atoms with van der Waals surface area (Å²) in [5, 5.41) is 16.5. The number of carboxylic acid groups (broad SMARTS) is 1. The van der Waals surface area contributed by atoms with Crippen LogP contribution in [0.5, 0.6) is 0 Å². The van der Waals surface area contributed by atoms with E-state index in [2.05, 4.69) is 63.1 Å². The number of methoxy groups -OCH3 is 2. The number of alkyl carbamates (subject to hydrolysis) is 1. The Kier molecular flexibility index (Phi) is 10.9. The summed E-state index contributed by atoms with van der Waals surface area (Å²) < 4.78 is 22.5. The zero-order valence-electron chi connectivity index (χ0n) is 35.4. The number of rotatable bonds is 10. The number of hydrogen-bond donors (Lipinski definition) is 5. The van der Waals surface area contributed by atoms with Crippen molar-refractivity contribution >= 4 is 45.8 Å². The van der Waals surface area contributed by atoms with Crippen molar-refractivity contribution in [3.05, 3.63) is 71.4 Å². The lowest BCUT2D eigenvalue weighted by atomic mass is 9.89. The molecule has 4 amide bonds. The van der Waals surface area contributed by atoms with Crippen LogP contribution in [-0.4, -0.2) is 123 Å². The zero-order chi connectivity index (χ0) is 43.4. The summed E-state index contributed by atoms with van der Waals surface area (Å²) in [6, 6.07) is 14.3. The highest BCUT2D eigenvalue weighted by molar-refractivity contribution is 6.05. The second-order valence-electron chi connectivity index (χ2n) is 17.0. The van der Waals surface area contributed by atoms with Gasteiger partial charge in [0.2, 0.25) is 11.8 Å². The van der Waals surface area contributed by atoms with E-state index in [1.165, 1.54) is 19.8 Å². The van der Waals surface area contributed by atoms with Crippen LogP contribution in [-0.2, 0) is 41.4 Å². The Morgan fingerprint density at radius 1 is 0.871 bits per heavy atom. The second kappa shape index (κ2) is 16.3. The lowest BCUT2D eigenvalue weighted by Crippen LogP contribution is -2.54. The molecule has 5 aromatic rings. The molecule has 3 fully saturated rings. The number of benzene rings is 3. The standard InChI is InChI=1S/C45H52N8O9/c1-23(2)35(50-43(56)57)41(54)52-16-6-7-33(52)39-46-31-14-10-27-19-25(8-12-29(27)37(31)48-39)26-9-13-30-28(20-26)11-15-32-38(30)49-40(47-32)34-21-45(61-17-18-62-45)22-53(34)42(55)36(24(3)59-4)51-44(58)60-5/h8-10,12-14,19-20,23-24,33-36,50H,6-7,11,15-18,21-22H2,1-5H3,(H,46,48)(H,47,49)(H,51,58)(H,56,57)/t24-,33+,34+,35+,36+/m1/s1. The molecule has 5 heterocycles. The smallest absolute Gasteiger partial charge is 0.407 e. The third-order valence-corrected chi connectivity index (χ3v) is 13.0. The van der Waals surface area contributed by atoms with Crippen LogP contribution < -0.4 is 10.6 Å². The molecule has 62 heavy (non-hydrogen) atoms. The van der Waals surface area contributed by atoms with E-state index in [0.717, 1.165) is 75.6 Å². The highest BCUT2D eigenvalue weighted by Crippen LogP contribution is 2.44. The van der Waals surface area contributed by atoms with Gasteiger partial charge in [0.1, 0.15) is 23.7 Å². The zero-order valence-corrected chi connectivity index (χ0v) is 35.4. The predicted molar refractivity (Wildman–Crippen MR) is 227 cm³/mol. The number of nitrogens with one attached hydrogen (secondary N) is 4. The average Bonchev–Trinajstić information content (AvgIpc) is 4.13. The van der Waals surface area contributed by atoms with E-state index in [0.29, 0.717) is 37.8 Å². The van der Waals surface area contributed by atoms with Gasteiger partial charge in [0.05, 0.1) is 61.8 Å². The van der Waals surface area contributed by atoms with Crippen LogP contribution in [0.15, 0.2) is 48.5 Å². The van der Waals surface area contributed by atoms with Gasteiger partial charge in [-0.2, -0.15) is 0 Å². The molecule has 5 atom stereocenters. The Balaban J connectivity index is 0.974. The van der Waals surface area contributed by atoms with Crippen LogP contribution in [0.4, 0.5) is 9.59 Å². The van der Waals surface area contributed by atoms with Crippen LogP contribution in [0.25, 0.3) is 44.2 Å². The summed E-state index contributed by atoms with van der Waals surface area (Å²) in [7, 11) is 2.73. The van der Waals surface area contributed by atoms with Crippen molar-refractivity contribution in [2.45, 2.75) is 88.9 Å². The van der Waals surface area contributed by atoms with Crippen molar-refractivity contribution < 1.29 is 43.2 Å². The van der Waals surface area contributed by atoms with E-state index >= 15 is 0 Å². The highest BCUT2D eigenvalue weighted by Gasteiger charge is 2.53. The largest absolute Gasteiger partial charge is 0.465 e. The lowest BCUT2D eigenvalue weighted by Gasteiger charge is -2.30. The van der Waals surface area contributed by atoms with Crippen molar-refractivity contribution in [3.63, 3.8) is 0 Å². The van der Waals surface area contributed by atoms with E-state index in [1.807, 2.05) is 19.9 Å². The van der Waals surface area contributed by atoms with Crippen molar-refractivity contribution in [2.75, 3.05) is 40.5 Å². The maximum absolute atomic E-state index is 14.2. The first-order chi connectivity index (χ1) is 29.9. The summed E-state index contributed by atoms with van der Waals surface area (Å²) in [5.74, 6) is -0.443. The first-order valence-corrected chi connectivity index (χ1v) is 21.3. The van der Waals surface area contributed by atoms with Crippen LogP contribution in [0.3, 0.4) is 0 Å². The number of hydrogen-bond acceptors (Lipinski definition) is 10. The molecule has 17 heteroatoms. The van der Waals surface area contributed by atoms with Gasteiger partial charge in [0.15, 0.2) is 5.79 Å². The fraction of sp³-hybridized carbons (Fsp3) is 0.467. The number of carbonyl (C=O) groups is 4. The summed E-state index contributed by atoms with van der Waals surface area (Å²) in [6.45, 7) is 6.93. The number of fused-ring (bicyclic) bond motifs is 6. The lowest BCUT2D eigenvalue weighted by molar-refractivity contribution is -0.154. The predicted octanol–water partition coefficient (Wildman–Crippen LogP) is 5.60. The van der Waals surface area contributed by atoms with Gasteiger partial charge >= 0.3 is 12.2 Å². The summed E-state index contributed by atoms with van der Waals surface area (Å²) in [4.78, 5) is 72.2. The van der Waals surface area contributed by atoms with Crippen molar-refractivity contribution in [3.8, 4) is 22.4 Å². The molecule has 3 saturated heterocycles. The molecule has 3 aliphatic heterocycles. The summed E-state index contributed by atoms with van der Waals surface area (Å²) in [6.07, 6.45) is 0.856. The number of ether oxygens (including phenoxy) is 4. The van der Waals surface area contributed by atoms with Crippen LogP contribution >= 0.6 is 0 Å². The van der Waals surface area contributed by atoms with Crippen molar-refractivity contribution in [1.29, 1.82) is 0 Å². The molecule has 9 rings (SSSR count). The minimum atomic E-state index is -1.22. The number of amides is 4. The Morgan fingerprint density at radius 3 is 2.35 bits per heavy atom. The van der Waals surface area contributed by atoms with Gasteiger partial charge in [-0.3, -0.25) is 9.59 Å². The Morgan fingerprint density at radius 2 is 1.61 bits per heavy atom. The Labute approximate surface area is 357 Å². The van der Waals surface area contributed by atoms with E-state index < -0.39 is 42.2 Å². The van der Waals surface area contributed by atoms with Crippen LogP contribution in [0.2, 0.25) is 0 Å². The van der Waals surface area contributed by atoms with Gasteiger partial charge in [-0.25, -0.2) is 19.6 Å². The molecular weight excluding hydrogens is 797 g/mol. The average molecular weight is 849 g/mol. The Bertz CT molecular complexity index is 2560. The number of aromatic nitrogens is 4. The maximum Gasteiger partial charge on any atom is 0.407 e. The van der Waals surface area contributed by atoms with E-state index in [-0.39, 0.29) is 30.3 Å². The van der Waals surface area contributed by atoms with Crippen LogP contribution in [0, 0.1) is 5.92 Å². The van der Waals surface area contributed by atoms with Gasteiger partial charge in [-0.1, -0.05) is 50.2 Å². The summed E-state index contributed by atoms with van der Waals surface area (Å²) >= 11 is 0. The third-order valence-electron chi connectivity index (χ3n) is 13.0. The Hall–Kier alpha value is -6.04. The van der Waals surface area contributed by atoms with Crippen molar-refractivity contribution in [2.24, 2.45) is 5.92 Å². The number of H-pyrrole nitrogens is 2. The number of likely N-dealkylation sites (tertiary alicyclic amines) is 2. The van der Waals surface area contributed by atoms with Crippen LogP contribution in [0.1, 0.15) is 75.0 Å². The highest BCUT2D eigenvalue weighted by atomic mass is 16.7. The number of aryl methyl sites for hydroxylation is 2. The molecule has 326 valence electrons. The maximum atomic E-state index is 14.2. The molecule has 1 spiro atoms. The monoisotopic (exact) mass is 848 g/mol. The van der Waals surface area contributed by atoms with Gasteiger partial charge in [-0.05, 0) is 72.7 Å². The molecule has 3 aromatic carbocycles. The van der Waals surface area contributed by atoms with Gasteiger partial charge in [-0.15, -0.1) is 0 Å². The molecule has 17 nitrogen and oxygen atoms in total. The summed E-state index contributed by atoms with van der Waals surface area (Å²) in [5.41, 5.74) is 7.86. The topological polar surface area (TPSA) is 213 Å². The minimum Gasteiger partial charge on any atom is -0.465 e. The van der Waals surface area contributed by atoms with Gasteiger partial charge in [0, 0.05) is 36.7 Å². The van der Waals surface area contributed by atoms with Gasteiger partial charge < -0.3 is 54.5 Å². The molecule has 0 unspecified atom stereocenters. The fourth-order valence-corrected chi connectivity index (χ4v) is 9.66. The molecule has 0 radical (unpaired) electrons. The molecule has 1 aliphatic carbocycles. The molecule has 5 N–H and O–H groups in total. The van der Waals surface area contributed by atoms with E-state index in [1.54, 1.807) is 16.7 Å². The number of imidazole rings is 2. The minimum absolute atomic E-state index is 0.170. The van der Waals surface area contributed by atoms with Gasteiger partial charge in [0.25, 0.3) is 0 Å². The first kappa shape index (κ1) is 41.3. The third kappa shape index (κ3) is 7.41. The molecule has 4 aliphatic rings. The first-order valence-electron chi connectivity index (χ1n) is 21.3. The number of aromatic amines is 2. The molecule has 0 saturated carbocycles. The molecular formula is C45H52N8O9. The SMILES string of the molecule is COC(=O)N[C@H](C(=O)N1CC2(C[C@H]1c1nc3c([nH]1)CCc1cc(-c4ccc5c(ccc6[nH]c([C@@H]7CCCN7C(=O)[C@@H](NC(=O)O)C(C)C)nc65)c4)ccc1-3)OCCO2)[C@@H](C)OC.